The number of aliphatic hydroxyl groups excluding tert-OH is 1. The third kappa shape index (κ3) is 5.53. The third-order valence-corrected chi connectivity index (χ3v) is 5.88. The largest absolute Gasteiger partial charge is 0.374 e. The fourth-order valence-corrected chi connectivity index (χ4v) is 3.94. The number of amides is 1. The molecule has 2 N–H and O–H groups in total. The van der Waals surface area contributed by atoms with Crippen LogP contribution in [0.3, 0.4) is 0 Å². The predicted molar refractivity (Wildman–Crippen MR) is 125 cm³/mol. The molecular weight excluding hydrogens is 421 g/mol. The van der Waals surface area contributed by atoms with Gasteiger partial charge in [-0.05, 0) is 48.4 Å². The number of hydrogen-bond donors (Lipinski definition) is 2. The average Bonchev–Trinajstić information content (AvgIpc) is 2.83. The molecule has 1 unspecified atom stereocenters. The number of carbonyl (C=O) groups excluding carboxylic acids is 1. The molecule has 1 saturated heterocycles. The number of nitrogens with one attached hydrogen (secondary N) is 1. The molecule has 0 bridgehead atoms. The van der Waals surface area contributed by atoms with Crippen molar-refractivity contribution in [3.05, 3.63) is 77.5 Å². The van der Waals surface area contributed by atoms with Crippen LogP contribution >= 0.6 is 0 Å². The smallest absolute Gasteiger partial charge is 0.219 e. The first kappa shape index (κ1) is 22.8. The van der Waals surface area contributed by atoms with Gasteiger partial charge in [-0.25, -0.2) is 9.37 Å². The van der Waals surface area contributed by atoms with Crippen molar-refractivity contribution in [1.29, 1.82) is 0 Å². The summed E-state index contributed by atoms with van der Waals surface area (Å²) in [6, 6.07) is 12.4. The number of halogens is 1. The third-order valence-electron chi connectivity index (χ3n) is 5.88. The van der Waals surface area contributed by atoms with Crippen LogP contribution in [0.25, 0.3) is 11.1 Å². The second-order valence-corrected chi connectivity index (χ2v) is 8.23. The van der Waals surface area contributed by atoms with Gasteiger partial charge >= 0.3 is 0 Å². The number of aryl methyl sites for hydroxylation is 1. The summed E-state index contributed by atoms with van der Waals surface area (Å²) in [7, 11) is 0. The minimum absolute atomic E-state index is 0.0918. The Balaban J connectivity index is 1.34. The van der Waals surface area contributed by atoms with Gasteiger partial charge in [-0.15, -0.1) is 0 Å². The number of nitrogens with zero attached hydrogens (tertiary/aromatic N) is 4. The number of piperazine rings is 1. The maximum atomic E-state index is 14.7. The summed E-state index contributed by atoms with van der Waals surface area (Å²) >= 11 is 0. The Bertz CT molecular complexity index is 1110. The molecule has 8 heteroatoms. The van der Waals surface area contributed by atoms with Crippen LogP contribution in [0.5, 0.6) is 0 Å². The minimum Gasteiger partial charge on any atom is -0.374 e. The van der Waals surface area contributed by atoms with Gasteiger partial charge in [-0.1, -0.05) is 12.1 Å². The summed E-state index contributed by atoms with van der Waals surface area (Å²) in [5.74, 6) is 0.595. The monoisotopic (exact) mass is 449 g/mol. The van der Waals surface area contributed by atoms with Gasteiger partial charge in [0, 0.05) is 68.9 Å². The normalized spacial score (nSPS) is 14.9. The topological polar surface area (TPSA) is 81.6 Å². The van der Waals surface area contributed by atoms with Gasteiger partial charge in [-0.3, -0.25) is 15.1 Å². The lowest BCUT2D eigenvalue weighted by Crippen LogP contribution is -2.48. The lowest BCUT2D eigenvalue weighted by Gasteiger charge is -2.35. The second kappa shape index (κ2) is 10.1. The molecule has 0 aliphatic carbocycles. The maximum Gasteiger partial charge on any atom is 0.219 e. The Morgan fingerprint density at radius 3 is 2.55 bits per heavy atom. The van der Waals surface area contributed by atoms with E-state index in [0.29, 0.717) is 30.8 Å². The zero-order valence-corrected chi connectivity index (χ0v) is 18.8. The van der Waals surface area contributed by atoms with Crippen LogP contribution < -0.4 is 10.2 Å². The second-order valence-electron chi connectivity index (χ2n) is 8.23. The summed E-state index contributed by atoms with van der Waals surface area (Å²) in [5.41, 5.74) is 3.50. The zero-order chi connectivity index (χ0) is 23.4. The van der Waals surface area contributed by atoms with Crippen LogP contribution in [0.1, 0.15) is 30.0 Å². The fraction of sp³-hybridized carbons (Fsp3) is 0.320. The molecule has 1 aromatic carbocycles. The van der Waals surface area contributed by atoms with Crippen LogP contribution in [-0.4, -0.2) is 52.1 Å². The summed E-state index contributed by atoms with van der Waals surface area (Å²) < 4.78 is 14.7. The van der Waals surface area contributed by atoms with E-state index in [0.717, 1.165) is 35.7 Å². The first-order valence-corrected chi connectivity index (χ1v) is 11.0. The summed E-state index contributed by atoms with van der Waals surface area (Å²) in [5, 5.41) is 13.5. The van der Waals surface area contributed by atoms with Crippen molar-refractivity contribution in [2.75, 3.05) is 31.1 Å². The molecule has 172 valence electrons. The standard InChI is InChI=1S/C25H28FN5O2/c1-17-13-20(7-8-27-17)22-5-3-19(14-23(22)26)15-29-25(33)21-4-6-24(28-16-21)31-11-9-30(10-12-31)18(2)32/h3-8,13-14,16,25,29,33H,9-12,15H2,1-2H3. The van der Waals surface area contributed by atoms with Crippen LogP contribution in [0.15, 0.2) is 54.9 Å². The molecule has 3 aromatic rings. The average molecular weight is 450 g/mol. The first-order chi connectivity index (χ1) is 15.9. The van der Waals surface area contributed by atoms with Gasteiger partial charge in [0.1, 0.15) is 17.9 Å². The molecule has 1 atom stereocenters. The van der Waals surface area contributed by atoms with Crippen molar-refractivity contribution < 1.29 is 14.3 Å². The highest BCUT2D eigenvalue weighted by Crippen LogP contribution is 2.24. The molecule has 7 nitrogen and oxygen atoms in total. The first-order valence-electron chi connectivity index (χ1n) is 11.0. The SMILES string of the molecule is CC(=O)N1CCN(c2ccc(C(O)NCc3ccc(-c4ccnc(C)c4)c(F)c3)cn2)CC1. The highest BCUT2D eigenvalue weighted by molar-refractivity contribution is 5.73. The molecule has 4 rings (SSSR count). The Labute approximate surface area is 192 Å². The lowest BCUT2D eigenvalue weighted by atomic mass is 10.0. The van der Waals surface area contributed by atoms with Crippen molar-refractivity contribution in [2.45, 2.75) is 26.6 Å². The van der Waals surface area contributed by atoms with Crippen molar-refractivity contribution >= 4 is 11.7 Å². The van der Waals surface area contributed by atoms with Crippen molar-refractivity contribution in [2.24, 2.45) is 0 Å². The van der Waals surface area contributed by atoms with Crippen molar-refractivity contribution in [3.8, 4) is 11.1 Å². The summed E-state index contributed by atoms with van der Waals surface area (Å²) in [6.45, 7) is 6.58. The van der Waals surface area contributed by atoms with E-state index in [4.69, 9.17) is 0 Å². The zero-order valence-electron chi connectivity index (χ0n) is 18.8. The molecule has 0 saturated carbocycles. The number of rotatable bonds is 6. The van der Waals surface area contributed by atoms with Gasteiger partial charge in [-0.2, -0.15) is 0 Å². The molecular formula is C25H28FN5O2. The summed E-state index contributed by atoms with van der Waals surface area (Å²) in [6.07, 6.45) is 2.38. The Morgan fingerprint density at radius 1 is 1.12 bits per heavy atom. The van der Waals surface area contributed by atoms with E-state index in [-0.39, 0.29) is 11.7 Å². The molecule has 0 spiro atoms. The van der Waals surface area contributed by atoms with E-state index in [9.17, 15) is 14.3 Å². The highest BCUT2D eigenvalue weighted by atomic mass is 19.1. The maximum absolute atomic E-state index is 14.7. The Hall–Kier alpha value is -3.36. The Kier molecular flexibility index (Phi) is 6.96. The number of hydrogen-bond acceptors (Lipinski definition) is 6. The molecule has 1 aliphatic rings. The number of aromatic nitrogens is 2. The van der Waals surface area contributed by atoms with Gasteiger partial charge in [0.05, 0.1) is 0 Å². The minimum atomic E-state index is -0.924. The van der Waals surface area contributed by atoms with Crippen LogP contribution in [-0.2, 0) is 11.3 Å². The predicted octanol–water partition coefficient (Wildman–Crippen LogP) is 3.04. The molecule has 1 amide bonds. The van der Waals surface area contributed by atoms with E-state index in [1.54, 1.807) is 31.5 Å². The number of carbonyl (C=O) groups is 1. The quantitative estimate of drug-likeness (QED) is 0.563. The van der Waals surface area contributed by atoms with E-state index in [1.165, 1.54) is 6.07 Å². The Morgan fingerprint density at radius 2 is 1.91 bits per heavy atom. The number of aliphatic hydroxyl groups is 1. The van der Waals surface area contributed by atoms with Crippen molar-refractivity contribution in [3.63, 3.8) is 0 Å². The van der Waals surface area contributed by atoms with Crippen LogP contribution in [0.2, 0.25) is 0 Å². The van der Waals surface area contributed by atoms with E-state index in [2.05, 4.69) is 20.2 Å². The van der Waals surface area contributed by atoms with Crippen molar-refractivity contribution in [1.82, 2.24) is 20.2 Å². The van der Waals surface area contributed by atoms with Crippen LogP contribution in [0, 0.1) is 12.7 Å². The molecule has 2 aromatic heterocycles. The number of anilines is 1. The van der Waals surface area contributed by atoms with Gasteiger partial charge in [0.25, 0.3) is 0 Å². The molecule has 33 heavy (non-hydrogen) atoms. The van der Waals surface area contributed by atoms with Gasteiger partial charge < -0.3 is 14.9 Å². The van der Waals surface area contributed by atoms with E-state index in [1.807, 2.05) is 36.1 Å². The molecule has 1 fully saturated rings. The number of benzene rings is 1. The number of pyridine rings is 2. The summed E-state index contributed by atoms with van der Waals surface area (Å²) in [4.78, 5) is 24.0. The molecule has 1 aliphatic heterocycles. The van der Waals surface area contributed by atoms with E-state index >= 15 is 0 Å². The van der Waals surface area contributed by atoms with Gasteiger partial charge in [0.2, 0.25) is 5.91 Å². The van der Waals surface area contributed by atoms with Crippen LogP contribution in [0.4, 0.5) is 10.2 Å². The molecule has 3 heterocycles. The molecule has 0 radical (unpaired) electrons. The van der Waals surface area contributed by atoms with E-state index < -0.39 is 6.23 Å². The van der Waals surface area contributed by atoms with Gasteiger partial charge in [0.15, 0.2) is 0 Å². The lowest BCUT2D eigenvalue weighted by molar-refractivity contribution is -0.129. The highest BCUT2D eigenvalue weighted by Gasteiger charge is 2.20. The fourth-order valence-electron chi connectivity index (χ4n) is 3.94.